The van der Waals surface area contributed by atoms with Crippen LogP contribution in [0.1, 0.15) is 46.5 Å². The molecule has 1 fully saturated rings. The van der Waals surface area contributed by atoms with Crippen LogP contribution < -0.4 is 10.1 Å². The summed E-state index contributed by atoms with van der Waals surface area (Å²) >= 11 is 0. The summed E-state index contributed by atoms with van der Waals surface area (Å²) in [5.41, 5.74) is 0. The Hall–Kier alpha value is -1.60. The summed E-state index contributed by atoms with van der Waals surface area (Å²) < 4.78 is 32.4. The van der Waals surface area contributed by atoms with E-state index in [9.17, 15) is 13.2 Å². The quantitative estimate of drug-likeness (QED) is 0.750. The van der Waals surface area contributed by atoms with Crippen molar-refractivity contribution in [2.75, 3.05) is 19.7 Å². The zero-order valence-corrected chi connectivity index (χ0v) is 16.7. The lowest BCUT2D eigenvalue weighted by Crippen LogP contribution is -2.44. The Labute approximate surface area is 157 Å². The monoisotopic (exact) mass is 382 g/mol. The molecule has 7 heteroatoms. The van der Waals surface area contributed by atoms with Gasteiger partial charge in [0.2, 0.25) is 15.9 Å². The van der Waals surface area contributed by atoms with Crippen molar-refractivity contribution < 1.29 is 17.9 Å². The van der Waals surface area contributed by atoms with E-state index in [1.165, 1.54) is 4.31 Å². The van der Waals surface area contributed by atoms with Gasteiger partial charge in [0.05, 0.1) is 11.5 Å². The van der Waals surface area contributed by atoms with Gasteiger partial charge in [-0.05, 0) is 57.4 Å². The number of nitrogens with zero attached hydrogens (tertiary/aromatic N) is 1. The molecule has 146 valence electrons. The molecule has 1 amide bonds. The van der Waals surface area contributed by atoms with E-state index in [0.717, 1.165) is 12.8 Å². The van der Waals surface area contributed by atoms with Gasteiger partial charge in [-0.2, -0.15) is 4.31 Å². The molecule has 1 aliphatic heterocycles. The van der Waals surface area contributed by atoms with Crippen LogP contribution in [0.2, 0.25) is 0 Å². The lowest BCUT2D eigenvalue weighted by molar-refractivity contribution is -0.126. The average Bonchev–Trinajstić information content (AvgIpc) is 2.62. The molecule has 2 rings (SSSR count). The average molecular weight is 383 g/mol. The molecule has 1 atom stereocenters. The van der Waals surface area contributed by atoms with Crippen LogP contribution in [-0.2, 0) is 14.8 Å². The summed E-state index contributed by atoms with van der Waals surface area (Å²) in [6, 6.07) is 6.66. The summed E-state index contributed by atoms with van der Waals surface area (Å²) in [7, 11) is -3.53. The van der Waals surface area contributed by atoms with Crippen LogP contribution >= 0.6 is 0 Å². The molecule has 1 N–H and O–H groups in total. The summed E-state index contributed by atoms with van der Waals surface area (Å²) in [5.74, 6) is 0.591. The van der Waals surface area contributed by atoms with Crippen LogP contribution in [0.4, 0.5) is 0 Å². The Kier molecular flexibility index (Phi) is 7.46. The van der Waals surface area contributed by atoms with Gasteiger partial charge in [0.25, 0.3) is 0 Å². The van der Waals surface area contributed by atoms with E-state index < -0.39 is 10.0 Å². The molecule has 0 spiro atoms. The molecule has 0 saturated carbocycles. The third-order valence-corrected chi connectivity index (χ3v) is 6.62. The Morgan fingerprint density at radius 1 is 1.23 bits per heavy atom. The number of carbonyl (C=O) groups excluding carboxylic acids is 1. The number of hydrogen-bond acceptors (Lipinski definition) is 4. The predicted molar refractivity (Wildman–Crippen MR) is 102 cm³/mol. The molecule has 1 saturated heterocycles. The highest BCUT2D eigenvalue weighted by atomic mass is 32.2. The fraction of sp³-hybridized carbons (Fsp3) is 0.632. The predicted octanol–water partition coefficient (Wildman–Crippen LogP) is 2.79. The van der Waals surface area contributed by atoms with E-state index >= 15 is 0 Å². The summed E-state index contributed by atoms with van der Waals surface area (Å²) in [5, 5.41) is 3.03. The standard InChI is InChI=1S/C19H30N2O4S/c1-4-6-15(3)20-19(22)16-11-13-21(14-12-16)26(23,24)18-9-7-17(8-10-18)25-5-2/h7-10,15-16H,4-6,11-14H2,1-3H3,(H,20,22)/t15-/m1/s1. The molecule has 1 heterocycles. The maximum atomic E-state index is 12.8. The fourth-order valence-electron chi connectivity index (χ4n) is 3.25. The molecular weight excluding hydrogens is 352 g/mol. The Morgan fingerprint density at radius 2 is 1.85 bits per heavy atom. The van der Waals surface area contributed by atoms with Gasteiger partial charge in [-0.3, -0.25) is 4.79 Å². The second-order valence-electron chi connectivity index (χ2n) is 6.78. The first-order valence-electron chi connectivity index (χ1n) is 9.41. The molecule has 0 unspecified atom stereocenters. The van der Waals surface area contributed by atoms with Crippen molar-refractivity contribution in [3.8, 4) is 5.75 Å². The van der Waals surface area contributed by atoms with Crippen LogP contribution in [0.25, 0.3) is 0 Å². The largest absolute Gasteiger partial charge is 0.494 e. The van der Waals surface area contributed by atoms with Crippen LogP contribution in [0.15, 0.2) is 29.2 Å². The minimum Gasteiger partial charge on any atom is -0.494 e. The maximum Gasteiger partial charge on any atom is 0.243 e. The van der Waals surface area contributed by atoms with Gasteiger partial charge < -0.3 is 10.1 Å². The Balaban J connectivity index is 1.94. The number of nitrogens with one attached hydrogen (secondary N) is 1. The highest BCUT2D eigenvalue weighted by Crippen LogP contribution is 2.25. The lowest BCUT2D eigenvalue weighted by atomic mass is 9.96. The van der Waals surface area contributed by atoms with E-state index in [4.69, 9.17) is 4.74 Å². The number of sulfonamides is 1. The van der Waals surface area contributed by atoms with Crippen molar-refractivity contribution in [2.45, 2.75) is 57.4 Å². The van der Waals surface area contributed by atoms with Crippen molar-refractivity contribution in [3.05, 3.63) is 24.3 Å². The topological polar surface area (TPSA) is 75.7 Å². The van der Waals surface area contributed by atoms with Gasteiger partial charge in [0.1, 0.15) is 5.75 Å². The SMILES string of the molecule is CCC[C@@H](C)NC(=O)C1CCN(S(=O)(=O)c2ccc(OCC)cc2)CC1. The molecule has 1 aromatic carbocycles. The van der Waals surface area contributed by atoms with Gasteiger partial charge in [-0.1, -0.05) is 13.3 Å². The summed E-state index contributed by atoms with van der Waals surface area (Å²) in [6.07, 6.45) is 3.10. The van der Waals surface area contributed by atoms with E-state index in [-0.39, 0.29) is 22.8 Å². The number of hydrogen-bond donors (Lipinski definition) is 1. The highest BCUT2D eigenvalue weighted by Gasteiger charge is 2.32. The van der Waals surface area contributed by atoms with Gasteiger partial charge in [0, 0.05) is 25.0 Å². The zero-order valence-electron chi connectivity index (χ0n) is 15.9. The van der Waals surface area contributed by atoms with Crippen molar-refractivity contribution in [1.29, 1.82) is 0 Å². The van der Waals surface area contributed by atoms with Crippen molar-refractivity contribution in [1.82, 2.24) is 9.62 Å². The molecule has 0 aliphatic carbocycles. The summed E-state index contributed by atoms with van der Waals surface area (Å²) in [4.78, 5) is 12.6. The van der Waals surface area contributed by atoms with Crippen molar-refractivity contribution >= 4 is 15.9 Å². The second-order valence-corrected chi connectivity index (χ2v) is 8.72. The highest BCUT2D eigenvalue weighted by molar-refractivity contribution is 7.89. The minimum absolute atomic E-state index is 0.0454. The molecule has 6 nitrogen and oxygen atoms in total. The van der Waals surface area contributed by atoms with Crippen LogP contribution in [0.3, 0.4) is 0 Å². The minimum atomic E-state index is -3.53. The van der Waals surface area contributed by atoms with E-state index in [1.54, 1.807) is 24.3 Å². The van der Waals surface area contributed by atoms with Gasteiger partial charge in [-0.25, -0.2) is 8.42 Å². The summed E-state index contributed by atoms with van der Waals surface area (Å²) in [6.45, 7) is 7.26. The second kappa shape index (κ2) is 9.37. The fourth-order valence-corrected chi connectivity index (χ4v) is 4.72. The maximum absolute atomic E-state index is 12.8. The van der Waals surface area contributed by atoms with E-state index in [1.807, 2.05) is 13.8 Å². The third kappa shape index (κ3) is 5.20. The van der Waals surface area contributed by atoms with E-state index in [2.05, 4.69) is 12.2 Å². The first kappa shape index (κ1) is 20.7. The van der Waals surface area contributed by atoms with Gasteiger partial charge in [-0.15, -0.1) is 0 Å². The first-order chi connectivity index (χ1) is 12.4. The number of piperidine rings is 1. The molecule has 1 aliphatic rings. The molecule has 0 radical (unpaired) electrons. The number of benzene rings is 1. The molecule has 0 aromatic heterocycles. The molecule has 0 bridgehead atoms. The van der Waals surface area contributed by atoms with E-state index in [0.29, 0.717) is 38.3 Å². The van der Waals surface area contributed by atoms with Crippen molar-refractivity contribution in [3.63, 3.8) is 0 Å². The van der Waals surface area contributed by atoms with Gasteiger partial charge >= 0.3 is 0 Å². The molecule has 26 heavy (non-hydrogen) atoms. The Bertz CT molecular complexity index is 680. The number of carbonyl (C=O) groups is 1. The van der Waals surface area contributed by atoms with Crippen LogP contribution in [-0.4, -0.2) is 44.4 Å². The molecular formula is C19H30N2O4S. The zero-order chi connectivity index (χ0) is 19.2. The number of ether oxygens (including phenoxy) is 1. The normalized spacial score (nSPS) is 17.7. The molecule has 1 aromatic rings. The smallest absolute Gasteiger partial charge is 0.243 e. The van der Waals surface area contributed by atoms with Crippen LogP contribution in [0, 0.1) is 5.92 Å². The number of rotatable bonds is 8. The Morgan fingerprint density at radius 3 is 2.38 bits per heavy atom. The number of amides is 1. The first-order valence-corrected chi connectivity index (χ1v) is 10.9. The third-order valence-electron chi connectivity index (χ3n) is 4.71. The van der Waals surface area contributed by atoms with Crippen molar-refractivity contribution in [2.24, 2.45) is 5.92 Å². The van der Waals surface area contributed by atoms with Gasteiger partial charge in [0.15, 0.2) is 0 Å². The lowest BCUT2D eigenvalue weighted by Gasteiger charge is -2.31. The van der Waals surface area contributed by atoms with Crippen LogP contribution in [0.5, 0.6) is 5.75 Å².